The molecule has 0 N–H and O–H groups in total. The van der Waals surface area contributed by atoms with Gasteiger partial charge in [0, 0.05) is 0 Å². The largest absolute Gasteiger partial charge is 0.0654 e. The van der Waals surface area contributed by atoms with Crippen LogP contribution in [0.3, 0.4) is 0 Å². The minimum atomic E-state index is 0.780. The van der Waals surface area contributed by atoms with Crippen LogP contribution in [-0.2, 0) is 0 Å². The summed E-state index contributed by atoms with van der Waals surface area (Å²) in [5.74, 6) is 1.11. The maximum atomic E-state index is 2.51. The zero-order valence-electron chi connectivity index (χ0n) is 8.11. The van der Waals surface area contributed by atoms with Crippen LogP contribution in [0.25, 0.3) is 0 Å². The molecule has 2 aliphatic rings. The molecule has 1 spiro atoms. The van der Waals surface area contributed by atoms with E-state index in [4.69, 9.17) is 0 Å². The van der Waals surface area contributed by atoms with Crippen LogP contribution in [0.5, 0.6) is 0 Å². The maximum absolute atomic E-state index is 2.51. The molecule has 0 aliphatic heterocycles. The van der Waals surface area contributed by atoms with Crippen molar-refractivity contribution in [3.8, 4) is 0 Å². The molecule has 0 amide bonds. The zero-order valence-corrected chi connectivity index (χ0v) is 8.11. The molecule has 0 nitrogen and oxygen atoms in total. The quantitative estimate of drug-likeness (QED) is 0.579. The molecule has 0 aromatic carbocycles. The first kappa shape index (κ1) is 7.64. The van der Waals surface area contributed by atoms with Crippen LogP contribution in [0.4, 0.5) is 0 Å². The molecule has 0 aromatic heterocycles. The van der Waals surface area contributed by atoms with Gasteiger partial charge in [-0.1, -0.05) is 33.6 Å². The van der Waals surface area contributed by atoms with E-state index in [2.05, 4.69) is 20.8 Å². The van der Waals surface area contributed by atoms with Crippen molar-refractivity contribution in [2.24, 2.45) is 16.7 Å². The summed E-state index contributed by atoms with van der Waals surface area (Å²) in [7, 11) is 0. The lowest BCUT2D eigenvalue weighted by Crippen LogP contribution is -1.98. The highest BCUT2D eigenvalue weighted by Gasteiger charge is 2.75. The maximum Gasteiger partial charge on any atom is -0.0207 e. The molecule has 0 heterocycles. The molecular formula is C11H20. The Bertz CT molecular complexity index is 171. The Balaban J connectivity index is 1.94. The Labute approximate surface area is 70.4 Å². The van der Waals surface area contributed by atoms with E-state index >= 15 is 0 Å². The van der Waals surface area contributed by atoms with Gasteiger partial charge in [0.2, 0.25) is 0 Å². The molecule has 3 unspecified atom stereocenters. The van der Waals surface area contributed by atoms with E-state index in [1.54, 1.807) is 12.8 Å². The zero-order chi connectivity index (χ0) is 8.11. The Morgan fingerprint density at radius 3 is 2.55 bits per heavy atom. The van der Waals surface area contributed by atoms with E-state index < -0.39 is 0 Å². The van der Waals surface area contributed by atoms with Crippen molar-refractivity contribution in [1.29, 1.82) is 0 Å². The molecule has 2 rings (SSSR count). The average Bonchev–Trinajstić information content (AvgIpc) is 2.76. The second kappa shape index (κ2) is 2.02. The lowest BCUT2D eigenvalue weighted by atomic mass is 9.97. The van der Waals surface area contributed by atoms with Gasteiger partial charge in [-0.2, -0.15) is 0 Å². The summed E-state index contributed by atoms with van der Waals surface area (Å²) in [5.41, 5.74) is 1.65. The van der Waals surface area contributed by atoms with Crippen LogP contribution in [0.15, 0.2) is 0 Å². The summed E-state index contributed by atoms with van der Waals surface area (Å²) in [6.07, 6.45) is 7.39. The number of hydrogen-bond donors (Lipinski definition) is 0. The highest BCUT2D eigenvalue weighted by atomic mass is 14.8. The third-order valence-electron chi connectivity index (χ3n) is 4.31. The summed E-state index contributed by atoms with van der Waals surface area (Å²) in [4.78, 5) is 0. The average molecular weight is 152 g/mol. The van der Waals surface area contributed by atoms with Gasteiger partial charge < -0.3 is 0 Å². The summed E-state index contributed by atoms with van der Waals surface area (Å²) >= 11 is 0. The summed E-state index contributed by atoms with van der Waals surface area (Å²) in [6, 6.07) is 0. The Morgan fingerprint density at radius 1 is 1.36 bits per heavy atom. The molecule has 11 heavy (non-hydrogen) atoms. The van der Waals surface area contributed by atoms with Crippen molar-refractivity contribution in [3.05, 3.63) is 0 Å². The minimum Gasteiger partial charge on any atom is -0.0654 e. The first-order chi connectivity index (χ1) is 5.18. The summed E-state index contributed by atoms with van der Waals surface area (Å²) in [6.45, 7) is 7.18. The fraction of sp³-hybridized carbons (Fsp3) is 1.00. The molecule has 64 valence electrons. The van der Waals surface area contributed by atoms with E-state index in [9.17, 15) is 0 Å². The Hall–Kier alpha value is 0. The van der Waals surface area contributed by atoms with E-state index in [0.717, 1.165) is 16.7 Å². The SMILES string of the molecule is CCCC1(C)CC12CC2CC. The predicted molar refractivity (Wildman–Crippen MR) is 48.5 cm³/mol. The van der Waals surface area contributed by atoms with E-state index in [0.29, 0.717) is 0 Å². The minimum absolute atomic E-state index is 0.780. The fourth-order valence-electron chi connectivity index (χ4n) is 3.41. The van der Waals surface area contributed by atoms with Crippen LogP contribution in [-0.4, -0.2) is 0 Å². The molecule has 2 aliphatic carbocycles. The monoisotopic (exact) mass is 152 g/mol. The first-order valence-electron chi connectivity index (χ1n) is 5.18. The van der Waals surface area contributed by atoms with Gasteiger partial charge in [0.25, 0.3) is 0 Å². The van der Waals surface area contributed by atoms with E-state index in [1.807, 2.05) is 0 Å². The normalized spacial score (nSPS) is 53.2. The van der Waals surface area contributed by atoms with Crippen LogP contribution < -0.4 is 0 Å². The summed E-state index contributed by atoms with van der Waals surface area (Å²) in [5, 5.41) is 0. The fourth-order valence-corrected chi connectivity index (χ4v) is 3.41. The summed E-state index contributed by atoms with van der Waals surface area (Å²) < 4.78 is 0. The van der Waals surface area contributed by atoms with Crippen molar-refractivity contribution in [1.82, 2.24) is 0 Å². The Kier molecular flexibility index (Phi) is 1.41. The third-order valence-corrected chi connectivity index (χ3v) is 4.31. The molecule has 2 fully saturated rings. The van der Waals surface area contributed by atoms with Crippen LogP contribution in [0.2, 0.25) is 0 Å². The molecular weight excluding hydrogens is 132 g/mol. The highest BCUT2D eigenvalue weighted by molar-refractivity contribution is 5.24. The van der Waals surface area contributed by atoms with Crippen molar-refractivity contribution < 1.29 is 0 Å². The Morgan fingerprint density at radius 2 is 2.09 bits per heavy atom. The van der Waals surface area contributed by atoms with Gasteiger partial charge in [0.05, 0.1) is 0 Å². The molecule has 2 saturated carbocycles. The number of hydrogen-bond acceptors (Lipinski definition) is 0. The van der Waals surface area contributed by atoms with E-state index in [1.165, 1.54) is 19.3 Å². The molecule has 0 saturated heterocycles. The van der Waals surface area contributed by atoms with Gasteiger partial charge in [-0.15, -0.1) is 0 Å². The van der Waals surface area contributed by atoms with Crippen LogP contribution in [0.1, 0.15) is 52.9 Å². The van der Waals surface area contributed by atoms with Crippen molar-refractivity contribution in [2.45, 2.75) is 52.9 Å². The third kappa shape index (κ3) is 0.816. The number of rotatable bonds is 3. The second-order valence-corrected chi connectivity index (χ2v) is 4.95. The molecule has 0 heteroatoms. The van der Waals surface area contributed by atoms with Crippen LogP contribution in [0, 0.1) is 16.7 Å². The predicted octanol–water partition coefficient (Wildman–Crippen LogP) is 3.61. The smallest absolute Gasteiger partial charge is 0.0207 e. The lowest BCUT2D eigenvalue weighted by molar-refractivity contribution is 0.425. The van der Waals surface area contributed by atoms with Gasteiger partial charge in [0.1, 0.15) is 0 Å². The van der Waals surface area contributed by atoms with Gasteiger partial charge in [-0.05, 0) is 36.0 Å². The topological polar surface area (TPSA) is 0 Å². The first-order valence-corrected chi connectivity index (χ1v) is 5.18. The molecule has 0 radical (unpaired) electrons. The van der Waals surface area contributed by atoms with Gasteiger partial charge in [-0.25, -0.2) is 0 Å². The standard InChI is InChI=1S/C11H20/c1-4-6-10(3)8-11(10)7-9(11)5-2/h9H,4-8H2,1-3H3. The molecule has 0 bridgehead atoms. The van der Waals surface area contributed by atoms with Crippen LogP contribution >= 0.6 is 0 Å². The van der Waals surface area contributed by atoms with Crippen molar-refractivity contribution >= 4 is 0 Å². The highest BCUT2D eigenvalue weighted by Crippen LogP contribution is 2.83. The van der Waals surface area contributed by atoms with Gasteiger partial charge in [-0.3, -0.25) is 0 Å². The van der Waals surface area contributed by atoms with Gasteiger partial charge >= 0.3 is 0 Å². The van der Waals surface area contributed by atoms with E-state index in [-0.39, 0.29) is 0 Å². The van der Waals surface area contributed by atoms with Crippen molar-refractivity contribution in [2.75, 3.05) is 0 Å². The molecule has 0 aromatic rings. The lowest BCUT2D eigenvalue weighted by Gasteiger charge is -2.07. The van der Waals surface area contributed by atoms with Gasteiger partial charge in [0.15, 0.2) is 0 Å². The molecule has 3 atom stereocenters. The van der Waals surface area contributed by atoms with Crippen molar-refractivity contribution in [3.63, 3.8) is 0 Å². The second-order valence-electron chi connectivity index (χ2n) is 4.95.